The van der Waals surface area contributed by atoms with Crippen molar-refractivity contribution < 1.29 is 14.3 Å². The first-order valence-corrected chi connectivity index (χ1v) is 8.73. The second kappa shape index (κ2) is 5.38. The SMILES string of the molecule is O=C1CC2(CCN(C(=O)C3CC3)CC2)Oc2c(Cl)cc(Cl)cc21. The molecule has 0 bridgehead atoms. The van der Waals surface area contributed by atoms with E-state index in [0.717, 1.165) is 12.8 Å². The number of carbonyl (C=O) groups is 2. The van der Waals surface area contributed by atoms with Crippen LogP contribution >= 0.6 is 23.2 Å². The molecular weight excluding hydrogens is 337 g/mol. The minimum absolute atomic E-state index is 0.0117. The Kier molecular flexibility index (Phi) is 3.58. The van der Waals surface area contributed by atoms with E-state index in [1.54, 1.807) is 12.1 Å². The lowest BCUT2D eigenvalue weighted by molar-refractivity contribution is -0.136. The molecule has 0 atom stereocenters. The summed E-state index contributed by atoms with van der Waals surface area (Å²) in [5, 5.41) is 0.808. The van der Waals surface area contributed by atoms with Crippen LogP contribution in [0.2, 0.25) is 10.0 Å². The molecule has 4 rings (SSSR count). The van der Waals surface area contributed by atoms with Crippen molar-refractivity contribution in [1.29, 1.82) is 0 Å². The van der Waals surface area contributed by atoms with E-state index in [1.807, 2.05) is 4.90 Å². The lowest BCUT2D eigenvalue weighted by atomic mass is 9.82. The highest BCUT2D eigenvalue weighted by Crippen LogP contribution is 2.44. The minimum Gasteiger partial charge on any atom is -0.484 e. The number of carbonyl (C=O) groups excluding carboxylic acids is 2. The third kappa shape index (κ3) is 2.72. The van der Waals surface area contributed by atoms with Gasteiger partial charge in [-0.2, -0.15) is 0 Å². The molecule has 2 fully saturated rings. The normalized spacial score (nSPS) is 22.7. The summed E-state index contributed by atoms with van der Waals surface area (Å²) in [7, 11) is 0. The van der Waals surface area contributed by atoms with Crippen LogP contribution in [0.25, 0.3) is 0 Å². The molecule has 0 N–H and O–H groups in total. The Morgan fingerprint density at radius 2 is 1.91 bits per heavy atom. The van der Waals surface area contributed by atoms with Crippen molar-refractivity contribution in [3.05, 3.63) is 27.7 Å². The second-order valence-corrected chi connectivity index (χ2v) is 7.59. The molecule has 1 aliphatic carbocycles. The van der Waals surface area contributed by atoms with Crippen LogP contribution in [0.1, 0.15) is 42.5 Å². The van der Waals surface area contributed by atoms with Crippen LogP contribution in [0.5, 0.6) is 5.75 Å². The molecule has 122 valence electrons. The van der Waals surface area contributed by atoms with E-state index in [-0.39, 0.29) is 17.6 Å². The molecule has 1 saturated carbocycles. The highest BCUT2D eigenvalue weighted by atomic mass is 35.5. The van der Waals surface area contributed by atoms with Gasteiger partial charge < -0.3 is 9.64 Å². The van der Waals surface area contributed by atoms with E-state index >= 15 is 0 Å². The highest BCUT2D eigenvalue weighted by Gasteiger charge is 2.45. The molecule has 2 aliphatic heterocycles. The molecule has 3 aliphatic rings. The summed E-state index contributed by atoms with van der Waals surface area (Å²) in [5.74, 6) is 0.939. The van der Waals surface area contributed by atoms with Crippen molar-refractivity contribution in [2.45, 2.75) is 37.7 Å². The first-order chi connectivity index (χ1) is 11.0. The fourth-order valence-electron chi connectivity index (χ4n) is 3.51. The number of fused-ring (bicyclic) bond motifs is 1. The largest absolute Gasteiger partial charge is 0.484 e. The number of hydrogen-bond donors (Lipinski definition) is 0. The molecule has 1 amide bonds. The van der Waals surface area contributed by atoms with Crippen LogP contribution in [-0.2, 0) is 4.79 Å². The van der Waals surface area contributed by atoms with E-state index in [9.17, 15) is 9.59 Å². The zero-order chi connectivity index (χ0) is 16.2. The van der Waals surface area contributed by atoms with Gasteiger partial charge in [-0.05, 0) is 25.0 Å². The van der Waals surface area contributed by atoms with Crippen molar-refractivity contribution in [2.24, 2.45) is 5.92 Å². The van der Waals surface area contributed by atoms with E-state index in [0.29, 0.717) is 53.7 Å². The number of halogens is 2. The third-order valence-corrected chi connectivity index (χ3v) is 5.52. The molecule has 1 spiro atoms. The average Bonchev–Trinajstić information content (AvgIpc) is 3.34. The van der Waals surface area contributed by atoms with Crippen molar-refractivity contribution in [3.8, 4) is 5.75 Å². The summed E-state index contributed by atoms with van der Waals surface area (Å²) in [4.78, 5) is 26.6. The maximum absolute atomic E-state index is 12.5. The van der Waals surface area contributed by atoms with Crippen molar-refractivity contribution in [3.63, 3.8) is 0 Å². The molecular formula is C17H17Cl2NO3. The summed E-state index contributed by atoms with van der Waals surface area (Å²) in [6.45, 7) is 1.28. The number of likely N-dealkylation sites (tertiary alicyclic amines) is 1. The van der Waals surface area contributed by atoms with Crippen molar-refractivity contribution >= 4 is 34.9 Å². The van der Waals surface area contributed by atoms with Gasteiger partial charge in [0, 0.05) is 36.9 Å². The van der Waals surface area contributed by atoms with Gasteiger partial charge in [0.2, 0.25) is 5.91 Å². The monoisotopic (exact) mass is 353 g/mol. The van der Waals surface area contributed by atoms with Gasteiger partial charge in [-0.3, -0.25) is 9.59 Å². The Morgan fingerprint density at radius 1 is 1.22 bits per heavy atom. The zero-order valence-electron chi connectivity index (χ0n) is 12.6. The van der Waals surface area contributed by atoms with Gasteiger partial charge in [-0.25, -0.2) is 0 Å². The van der Waals surface area contributed by atoms with Crippen molar-refractivity contribution in [1.82, 2.24) is 4.90 Å². The Morgan fingerprint density at radius 3 is 2.57 bits per heavy atom. The smallest absolute Gasteiger partial charge is 0.225 e. The predicted octanol–water partition coefficient (Wildman–Crippen LogP) is 3.73. The molecule has 2 heterocycles. The maximum atomic E-state index is 12.5. The van der Waals surface area contributed by atoms with E-state index in [1.165, 1.54) is 0 Å². The summed E-state index contributed by atoms with van der Waals surface area (Å²) in [6, 6.07) is 3.21. The molecule has 0 aromatic heterocycles. The molecule has 6 heteroatoms. The number of benzene rings is 1. The van der Waals surface area contributed by atoms with Crippen LogP contribution < -0.4 is 4.74 Å². The molecule has 4 nitrogen and oxygen atoms in total. The lowest BCUT2D eigenvalue weighted by Crippen LogP contribution is -2.52. The van der Waals surface area contributed by atoms with Gasteiger partial charge in [-0.15, -0.1) is 0 Å². The Labute approximate surface area is 144 Å². The third-order valence-electron chi connectivity index (χ3n) is 5.02. The number of piperidine rings is 1. The van der Waals surface area contributed by atoms with Crippen LogP contribution in [0, 0.1) is 5.92 Å². The van der Waals surface area contributed by atoms with Gasteiger partial charge in [0.05, 0.1) is 17.0 Å². The number of hydrogen-bond acceptors (Lipinski definition) is 3. The predicted molar refractivity (Wildman–Crippen MR) is 87.3 cm³/mol. The summed E-state index contributed by atoms with van der Waals surface area (Å²) >= 11 is 12.2. The molecule has 1 aromatic rings. The van der Waals surface area contributed by atoms with E-state index < -0.39 is 5.60 Å². The summed E-state index contributed by atoms with van der Waals surface area (Å²) in [6.07, 6.45) is 3.67. The Bertz CT molecular complexity index is 691. The maximum Gasteiger partial charge on any atom is 0.225 e. The van der Waals surface area contributed by atoms with Crippen LogP contribution in [0.3, 0.4) is 0 Å². The Balaban J connectivity index is 1.55. The molecule has 1 aromatic carbocycles. The molecule has 0 unspecified atom stereocenters. The van der Waals surface area contributed by atoms with Gasteiger partial charge in [0.25, 0.3) is 0 Å². The summed E-state index contributed by atoms with van der Waals surface area (Å²) in [5.41, 5.74) is -0.0772. The number of Topliss-reactive ketones (excluding diaryl/α,β-unsaturated/α-hetero) is 1. The number of ketones is 1. The molecule has 1 saturated heterocycles. The van der Waals surface area contributed by atoms with E-state index in [4.69, 9.17) is 27.9 Å². The van der Waals surface area contributed by atoms with Gasteiger partial charge in [-0.1, -0.05) is 23.2 Å². The fraction of sp³-hybridized carbons (Fsp3) is 0.529. The van der Waals surface area contributed by atoms with Gasteiger partial charge in [0.1, 0.15) is 11.4 Å². The molecule has 23 heavy (non-hydrogen) atoms. The molecule has 0 radical (unpaired) electrons. The van der Waals surface area contributed by atoms with Gasteiger partial charge >= 0.3 is 0 Å². The highest BCUT2D eigenvalue weighted by molar-refractivity contribution is 6.36. The first-order valence-electron chi connectivity index (χ1n) is 7.97. The van der Waals surface area contributed by atoms with Crippen LogP contribution in [0.4, 0.5) is 0 Å². The number of amides is 1. The van der Waals surface area contributed by atoms with E-state index in [2.05, 4.69) is 0 Å². The number of rotatable bonds is 1. The minimum atomic E-state index is -0.540. The summed E-state index contributed by atoms with van der Waals surface area (Å²) < 4.78 is 6.17. The van der Waals surface area contributed by atoms with Crippen molar-refractivity contribution in [2.75, 3.05) is 13.1 Å². The second-order valence-electron chi connectivity index (χ2n) is 6.75. The topological polar surface area (TPSA) is 46.6 Å². The lowest BCUT2D eigenvalue weighted by Gasteiger charge is -2.44. The standard InChI is InChI=1S/C17H17Cl2NO3/c18-11-7-12-14(21)9-17(23-15(12)13(19)8-11)3-5-20(6-4-17)16(22)10-1-2-10/h7-8,10H,1-6,9H2. The van der Waals surface area contributed by atoms with Gasteiger partial charge in [0.15, 0.2) is 5.78 Å². The Hall–Kier alpha value is -1.26. The van der Waals surface area contributed by atoms with Crippen LogP contribution in [-0.4, -0.2) is 35.3 Å². The first kappa shape index (κ1) is 15.3. The van der Waals surface area contributed by atoms with Crippen LogP contribution in [0.15, 0.2) is 12.1 Å². The zero-order valence-corrected chi connectivity index (χ0v) is 14.1. The number of nitrogens with zero attached hydrogens (tertiary/aromatic N) is 1. The number of ether oxygens (including phenoxy) is 1. The quantitative estimate of drug-likeness (QED) is 0.772. The average molecular weight is 354 g/mol. The fourth-order valence-corrected chi connectivity index (χ4v) is 4.05.